The maximum absolute atomic E-state index is 3.81. The molecule has 64 valence electrons. The second-order valence-electron chi connectivity index (χ2n) is 2.29. The predicted octanol–water partition coefficient (Wildman–Crippen LogP) is 2.39. The van der Waals surface area contributed by atoms with Gasteiger partial charge in [0.15, 0.2) is 0 Å². The third-order valence-corrected chi connectivity index (χ3v) is 1.46. The molecule has 2 heteroatoms. The average Bonchev–Trinajstić information content (AvgIpc) is 1.88. The fourth-order valence-electron chi connectivity index (χ4n) is 0.968. The molecule has 0 aliphatic carbocycles. The van der Waals surface area contributed by atoms with Gasteiger partial charge in [0.1, 0.15) is 0 Å². The zero-order valence-electron chi connectivity index (χ0n) is 8.40. The van der Waals surface area contributed by atoms with Crippen molar-refractivity contribution >= 4 is 0 Å². The Morgan fingerprint density at radius 2 is 1.73 bits per heavy atom. The molecule has 0 heterocycles. The number of hydrogen-bond acceptors (Lipinski definition) is 1. The van der Waals surface area contributed by atoms with Crippen LogP contribution in [-0.4, -0.2) is 24.5 Å². The minimum absolute atomic E-state index is 0. The molecule has 0 aliphatic rings. The van der Waals surface area contributed by atoms with Gasteiger partial charge >= 0.3 is 19.5 Å². The summed E-state index contributed by atoms with van der Waals surface area (Å²) in [6, 6.07) is 0. The Bertz CT molecular complexity index is 51.5. The van der Waals surface area contributed by atoms with Crippen molar-refractivity contribution in [3.63, 3.8) is 0 Å². The maximum Gasteiger partial charge on any atom is 2.00 e. The Balaban J connectivity index is -0.000000320. The van der Waals surface area contributed by atoms with E-state index in [2.05, 4.69) is 25.7 Å². The molecule has 0 bridgehead atoms. The molecule has 0 saturated carbocycles. The first-order chi connectivity index (χ1) is 4.35. The average molecular weight is 209 g/mol. The van der Waals surface area contributed by atoms with E-state index in [0.29, 0.717) is 0 Å². The van der Waals surface area contributed by atoms with E-state index in [0.717, 1.165) is 13.0 Å². The molecule has 0 saturated heterocycles. The van der Waals surface area contributed by atoms with Crippen LogP contribution in [-0.2, 0) is 19.5 Å². The van der Waals surface area contributed by atoms with E-state index in [4.69, 9.17) is 0 Å². The Hall–Kier alpha value is 0.583. The zero-order chi connectivity index (χ0) is 7.11. The molecule has 0 aliphatic heterocycles. The van der Waals surface area contributed by atoms with E-state index in [1.165, 1.54) is 19.5 Å². The van der Waals surface area contributed by atoms with Crippen LogP contribution in [0.3, 0.4) is 0 Å². The monoisotopic (exact) mass is 207 g/mol. The first kappa shape index (κ1) is 17.6. The molecular formula is C9H21NZn. The van der Waals surface area contributed by atoms with Crippen molar-refractivity contribution in [2.24, 2.45) is 0 Å². The summed E-state index contributed by atoms with van der Waals surface area (Å²) in [6.07, 6.45) is 2.29. The molecule has 0 amide bonds. The number of hydrogen-bond donors (Lipinski definition) is 0. The van der Waals surface area contributed by atoms with Gasteiger partial charge in [-0.3, -0.25) is 0 Å². The SMILES string of the molecule is [CH2-]CCN(CC)CCC.[CH3-].[Zn+2]. The predicted molar refractivity (Wildman–Crippen MR) is 48.8 cm³/mol. The van der Waals surface area contributed by atoms with Gasteiger partial charge in [-0.25, -0.2) is 0 Å². The molecule has 0 fully saturated rings. The van der Waals surface area contributed by atoms with Crippen LogP contribution in [0.15, 0.2) is 0 Å². The first-order valence-electron chi connectivity index (χ1n) is 3.86. The van der Waals surface area contributed by atoms with E-state index >= 15 is 0 Å². The molecule has 0 N–H and O–H groups in total. The van der Waals surface area contributed by atoms with Crippen molar-refractivity contribution in [1.82, 2.24) is 4.90 Å². The zero-order valence-corrected chi connectivity index (χ0v) is 11.4. The summed E-state index contributed by atoms with van der Waals surface area (Å²) in [7, 11) is 0. The molecule has 0 unspecified atom stereocenters. The van der Waals surface area contributed by atoms with Gasteiger partial charge in [-0.1, -0.05) is 13.8 Å². The van der Waals surface area contributed by atoms with Crippen molar-refractivity contribution < 1.29 is 19.5 Å². The third-order valence-electron chi connectivity index (χ3n) is 1.46. The largest absolute Gasteiger partial charge is 2.00 e. The van der Waals surface area contributed by atoms with Crippen LogP contribution in [0.1, 0.15) is 26.7 Å². The number of nitrogens with zero attached hydrogens (tertiary/aromatic N) is 1. The van der Waals surface area contributed by atoms with Crippen LogP contribution in [0.4, 0.5) is 0 Å². The minimum Gasteiger partial charge on any atom is -0.358 e. The molecule has 0 atom stereocenters. The molecule has 0 aromatic carbocycles. The molecule has 0 aromatic rings. The van der Waals surface area contributed by atoms with Gasteiger partial charge in [-0.15, -0.1) is 0 Å². The Labute approximate surface area is 85.3 Å². The van der Waals surface area contributed by atoms with Crippen molar-refractivity contribution in [2.45, 2.75) is 26.7 Å². The van der Waals surface area contributed by atoms with Gasteiger partial charge in [-0.05, 0) is 26.1 Å². The topological polar surface area (TPSA) is 3.24 Å². The van der Waals surface area contributed by atoms with Crippen LogP contribution < -0.4 is 0 Å². The van der Waals surface area contributed by atoms with E-state index in [1.54, 1.807) is 0 Å². The Morgan fingerprint density at radius 3 is 2.00 bits per heavy atom. The fourth-order valence-corrected chi connectivity index (χ4v) is 0.968. The molecule has 1 nitrogen and oxygen atoms in total. The summed E-state index contributed by atoms with van der Waals surface area (Å²) in [5.74, 6) is 0. The molecular weight excluding hydrogens is 187 g/mol. The normalized spacial score (nSPS) is 8.73. The van der Waals surface area contributed by atoms with Crippen LogP contribution >= 0.6 is 0 Å². The summed E-state index contributed by atoms with van der Waals surface area (Å²) in [5, 5.41) is 0. The fraction of sp³-hybridized carbons (Fsp3) is 0.778. The Morgan fingerprint density at radius 1 is 1.18 bits per heavy atom. The maximum atomic E-state index is 3.81. The summed E-state index contributed by atoms with van der Waals surface area (Å²) >= 11 is 0. The second-order valence-corrected chi connectivity index (χ2v) is 2.29. The molecule has 0 radical (unpaired) electrons. The van der Waals surface area contributed by atoms with Crippen LogP contribution in [0.5, 0.6) is 0 Å². The molecule has 0 spiro atoms. The van der Waals surface area contributed by atoms with Crippen molar-refractivity contribution in [2.75, 3.05) is 19.6 Å². The van der Waals surface area contributed by atoms with Gasteiger partial charge in [-0.2, -0.15) is 6.42 Å². The quantitative estimate of drug-likeness (QED) is 0.496. The van der Waals surface area contributed by atoms with Crippen LogP contribution in [0.2, 0.25) is 0 Å². The van der Waals surface area contributed by atoms with Gasteiger partial charge < -0.3 is 19.3 Å². The summed E-state index contributed by atoms with van der Waals surface area (Å²) in [4.78, 5) is 2.42. The van der Waals surface area contributed by atoms with Gasteiger partial charge in [0, 0.05) is 0 Å². The minimum atomic E-state index is 0. The van der Waals surface area contributed by atoms with Gasteiger partial charge in [0.25, 0.3) is 0 Å². The summed E-state index contributed by atoms with van der Waals surface area (Å²) in [5.41, 5.74) is 0. The van der Waals surface area contributed by atoms with E-state index in [-0.39, 0.29) is 26.9 Å². The van der Waals surface area contributed by atoms with Crippen LogP contribution in [0.25, 0.3) is 0 Å². The molecule has 0 aromatic heterocycles. The second kappa shape index (κ2) is 13.2. The molecule has 11 heavy (non-hydrogen) atoms. The smallest absolute Gasteiger partial charge is 0.358 e. The van der Waals surface area contributed by atoms with Crippen molar-refractivity contribution in [3.8, 4) is 0 Å². The van der Waals surface area contributed by atoms with Gasteiger partial charge in [0.2, 0.25) is 0 Å². The van der Waals surface area contributed by atoms with E-state index in [1.807, 2.05) is 0 Å². The molecule has 0 rings (SSSR count). The van der Waals surface area contributed by atoms with Crippen molar-refractivity contribution in [3.05, 3.63) is 14.4 Å². The summed E-state index contributed by atoms with van der Waals surface area (Å²) < 4.78 is 0. The van der Waals surface area contributed by atoms with Gasteiger partial charge in [0.05, 0.1) is 0 Å². The van der Waals surface area contributed by atoms with Crippen molar-refractivity contribution in [1.29, 1.82) is 0 Å². The van der Waals surface area contributed by atoms with Crippen LogP contribution in [0, 0.1) is 14.4 Å². The third kappa shape index (κ3) is 10.6. The standard InChI is InChI=1S/C8H18N.CH3.Zn/c1-4-7-9(6-3)8-5-2;;/h1,4-8H2,2-3H3;1H3;/q2*-1;+2. The van der Waals surface area contributed by atoms with E-state index in [9.17, 15) is 0 Å². The summed E-state index contributed by atoms with van der Waals surface area (Å²) in [6.45, 7) is 11.8. The Kier molecular flexibility index (Phi) is 21.1. The first-order valence-corrected chi connectivity index (χ1v) is 3.86. The van der Waals surface area contributed by atoms with E-state index < -0.39 is 0 Å². The number of rotatable bonds is 5.